The van der Waals surface area contributed by atoms with Crippen LogP contribution < -0.4 is 16.8 Å². The monoisotopic (exact) mass is 636 g/mol. The molecule has 2 aromatic carbocycles. The van der Waals surface area contributed by atoms with Crippen LogP contribution in [0.15, 0.2) is 48.5 Å². The average Bonchev–Trinajstić information content (AvgIpc) is 2.89. The lowest BCUT2D eigenvalue weighted by molar-refractivity contribution is 0.255. The topological polar surface area (TPSA) is 67.3 Å². The van der Waals surface area contributed by atoms with E-state index in [9.17, 15) is 0 Å². The summed E-state index contributed by atoms with van der Waals surface area (Å²) in [6.07, 6.45) is 13.0. The number of hydrogen-bond donors (Lipinski definition) is 3. The molecule has 4 rings (SSSR count). The van der Waals surface area contributed by atoms with Gasteiger partial charge in [0.2, 0.25) is 0 Å². The Labute approximate surface area is 228 Å². The quantitative estimate of drug-likeness (QED) is 0.161. The first-order valence-corrected chi connectivity index (χ1v) is 14.0. The molecular formula is C28H38BrIN4. The Kier molecular flexibility index (Phi) is 18.4. The van der Waals surface area contributed by atoms with Crippen LogP contribution in [-0.2, 0) is 0 Å². The first kappa shape index (κ1) is 30.3. The van der Waals surface area contributed by atoms with Crippen molar-refractivity contribution in [2.24, 2.45) is 0 Å². The molecule has 34 heavy (non-hydrogen) atoms. The second-order valence-corrected chi connectivity index (χ2v) is 9.77. The van der Waals surface area contributed by atoms with Crippen LogP contribution in [0.5, 0.6) is 0 Å². The average molecular weight is 637 g/mol. The van der Waals surface area contributed by atoms with Crippen LogP contribution in [0.4, 0.5) is 11.4 Å². The highest BCUT2D eigenvalue weighted by Crippen LogP contribution is 2.08. The van der Waals surface area contributed by atoms with E-state index >= 15 is 0 Å². The molecule has 0 unspecified atom stereocenters. The number of hydrogen-bond acceptors (Lipinski definition) is 4. The Hall–Kier alpha value is -1.71. The van der Waals surface area contributed by atoms with Crippen molar-refractivity contribution in [1.29, 1.82) is 0 Å². The second-order valence-electron chi connectivity index (χ2n) is 7.96. The van der Waals surface area contributed by atoms with Crippen molar-refractivity contribution in [2.75, 3.05) is 49.5 Å². The van der Waals surface area contributed by atoms with Crippen LogP contribution in [0.3, 0.4) is 0 Å². The van der Waals surface area contributed by atoms with Crippen molar-refractivity contribution in [2.45, 2.75) is 38.5 Å². The molecule has 2 fully saturated rings. The number of halogens is 2. The SMILES string of the molecule is C#CCBr.C1CCNCC1.Nc1ccc(C#CCN2CCCCC2)cc1.Nc1ccc(I)cc1. The molecule has 4 nitrogen and oxygen atoms in total. The lowest BCUT2D eigenvalue weighted by Gasteiger charge is -2.23. The van der Waals surface area contributed by atoms with Crippen LogP contribution in [0.2, 0.25) is 0 Å². The molecule has 2 heterocycles. The third kappa shape index (κ3) is 16.8. The molecule has 0 saturated carbocycles. The summed E-state index contributed by atoms with van der Waals surface area (Å²) in [6, 6.07) is 15.5. The Balaban J connectivity index is 0.000000266. The molecule has 0 atom stereocenters. The van der Waals surface area contributed by atoms with Crippen LogP contribution in [0.1, 0.15) is 44.1 Å². The van der Waals surface area contributed by atoms with Crippen LogP contribution >= 0.6 is 38.5 Å². The van der Waals surface area contributed by atoms with Gasteiger partial charge in [0.25, 0.3) is 0 Å². The fraction of sp³-hybridized carbons (Fsp3) is 0.429. The minimum absolute atomic E-state index is 0.660. The van der Waals surface area contributed by atoms with Gasteiger partial charge in [0.15, 0.2) is 0 Å². The minimum atomic E-state index is 0.660. The van der Waals surface area contributed by atoms with Gasteiger partial charge in [0.1, 0.15) is 0 Å². The number of alkyl halides is 1. The maximum absolute atomic E-state index is 5.62. The van der Waals surface area contributed by atoms with Gasteiger partial charge in [-0.25, -0.2) is 0 Å². The highest BCUT2D eigenvalue weighted by atomic mass is 127. The van der Waals surface area contributed by atoms with Crippen LogP contribution in [0, 0.1) is 27.8 Å². The molecule has 5 N–H and O–H groups in total. The highest BCUT2D eigenvalue weighted by Gasteiger charge is 2.07. The Morgan fingerprint density at radius 2 is 1.35 bits per heavy atom. The van der Waals surface area contributed by atoms with Gasteiger partial charge in [0.05, 0.1) is 11.9 Å². The Morgan fingerprint density at radius 3 is 1.76 bits per heavy atom. The lowest BCUT2D eigenvalue weighted by Crippen LogP contribution is -2.29. The third-order valence-corrected chi connectivity index (χ3v) is 6.09. The molecule has 0 radical (unpaired) electrons. The summed E-state index contributed by atoms with van der Waals surface area (Å²) in [7, 11) is 0. The van der Waals surface area contributed by atoms with Crippen molar-refractivity contribution in [3.8, 4) is 24.2 Å². The van der Waals surface area contributed by atoms with E-state index in [1.807, 2.05) is 48.5 Å². The van der Waals surface area contributed by atoms with E-state index in [0.29, 0.717) is 5.33 Å². The van der Waals surface area contributed by atoms with E-state index in [-0.39, 0.29) is 0 Å². The standard InChI is InChI=1S/C14H18N2.C6H6IN.C5H11N.C3H3Br/c15-14-8-6-13(7-9-14)5-4-12-16-10-2-1-3-11-16;7-5-1-3-6(8)4-2-5;1-2-4-6-5-3-1;1-2-3-4/h6-9H,1-3,10-12,15H2;1-4H,8H2;6H,1-5H2;1H,3H2. The van der Waals surface area contributed by atoms with Crippen LogP contribution in [-0.4, -0.2) is 43.0 Å². The number of nitrogens with one attached hydrogen (secondary N) is 1. The molecule has 0 spiro atoms. The zero-order valence-corrected chi connectivity index (χ0v) is 23.8. The van der Waals surface area contributed by atoms with E-state index in [1.54, 1.807) is 0 Å². The van der Waals surface area contributed by atoms with Gasteiger partial charge in [0, 0.05) is 20.5 Å². The fourth-order valence-electron chi connectivity index (χ4n) is 3.20. The van der Waals surface area contributed by atoms with Crippen molar-refractivity contribution in [1.82, 2.24) is 10.2 Å². The molecular weight excluding hydrogens is 599 g/mol. The molecule has 0 aliphatic carbocycles. The number of anilines is 2. The van der Waals surface area contributed by atoms with Gasteiger partial charge in [-0.3, -0.25) is 4.90 Å². The van der Waals surface area contributed by atoms with E-state index in [4.69, 9.17) is 17.9 Å². The van der Waals surface area contributed by atoms with Crippen molar-refractivity contribution >= 4 is 49.9 Å². The Bertz CT molecular complexity index is 824. The number of benzene rings is 2. The molecule has 0 aromatic heterocycles. The smallest absolute Gasteiger partial charge is 0.0642 e. The van der Waals surface area contributed by atoms with Gasteiger partial charge >= 0.3 is 0 Å². The summed E-state index contributed by atoms with van der Waals surface area (Å²) in [5.41, 5.74) is 13.7. The van der Waals surface area contributed by atoms with Crippen LogP contribution in [0.25, 0.3) is 0 Å². The van der Waals surface area contributed by atoms with Gasteiger partial charge < -0.3 is 16.8 Å². The molecule has 2 aliphatic rings. The van der Waals surface area contributed by atoms with E-state index < -0.39 is 0 Å². The highest BCUT2D eigenvalue weighted by molar-refractivity contribution is 14.1. The molecule has 0 amide bonds. The normalized spacial score (nSPS) is 14.7. The number of nitrogen functional groups attached to an aromatic ring is 2. The first-order chi connectivity index (χ1) is 16.5. The summed E-state index contributed by atoms with van der Waals surface area (Å²) in [4.78, 5) is 2.42. The number of rotatable bonds is 1. The van der Waals surface area contributed by atoms with E-state index in [0.717, 1.165) is 23.5 Å². The van der Waals surface area contributed by atoms with Crippen molar-refractivity contribution in [3.63, 3.8) is 0 Å². The molecule has 2 aromatic rings. The number of likely N-dealkylation sites (tertiary alicyclic amines) is 1. The summed E-state index contributed by atoms with van der Waals surface area (Å²) < 4.78 is 1.22. The minimum Gasteiger partial charge on any atom is -0.399 e. The second kappa shape index (κ2) is 20.6. The molecule has 184 valence electrons. The van der Waals surface area contributed by atoms with Gasteiger partial charge in [-0.05, 0) is 123 Å². The summed E-state index contributed by atoms with van der Waals surface area (Å²) in [6.45, 7) is 5.80. The zero-order chi connectivity index (χ0) is 24.9. The molecule has 2 saturated heterocycles. The molecule has 6 heteroatoms. The Morgan fingerprint density at radius 1 is 0.853 bits per heavy atom. The van der Waals surface area contributed by atoms with E-state index in [2.05, 4.69) is 66.5 Å². The number of piperidine rings is 2. The maximum Gasteiger partial charge on any atom is 0.0642 e. The predicted molar refractivity (Wildman–Crippen MR) is 161 cm³/mol. The largest absolute Gasteiger partial charge is 0.399 e. The number of nitrogens with zero attached hydrogens (tertiary/aromatic N) is 1. The van der Waals surface area contributed by atoms with Gasteiger partial charge in [-0.2, -0.15) is 0 Å². The number of terminal acetylenes is 1. The summed E-state index contributed by atoms with van der Waals surface area (Å²) in [5.74, 6) is 8.75. The fourth-order valence-corrected chi connectivity index (χ4v) is 3.56. The summed E-state index contributed by atoms with van der Waals surface area (Å²) >= 11 is 5.25. The van der Waals surface area contributed by atoms with E-state index in [1.165, 1.54) is 68.3 Å². The van der Waals surface area contributed by atoms with Gasteiger partial charge in [-0.1, -0.05) is 46.5 Å². The molecule has 2 aliphatic heterocycles. The number of nitrogens with two attached hydrogens (primary N) is 2. The predicted octanol–water partition coefficient (Wildman–Crippen LogP) is 5.75. The third-order valence-electron chi connectivity index (χ3n) is 5.05. The zero-order valence-electron chi connectivity index (χ0n) is 20.0. The maximum atomic E-state index is 5.62. The van der Waals surface area contributed by atoms with Crippen molar-refractivity contribution in [3.05, 3.63) is 57.7 Å². The first-order valence-electron chi connectivity index (χ1n) is 11.8. The van der Waals surface area contributed by atoms with Crippen molar-refractivity contribution < 1.29 is 0 Å². The molecule has 0 bridgehead atoms. The van der Waals surface area contributed by atoms with Gasteiger partial charge in [-0.15, -0.1) is 6.42 Å². The lowest BCUT2D eigenvalue weighted by atomic mass is 10.1. The summed E-state index contributed by atoms with van der Waals surface area (Å²) in [5, 5.41) is 3.94.